The van der Waals surface area contributed by atoms with E-state index < -0.39 is 10.2 Å². The van der Waals surface area contributed by atoms with E-state index in [1.165, 1.54) is 0 Å². The number of hydrogen-bond acceptors (Lipinski definition) is 4. The summed E-state index contributed by atoms with van der Waals surface area (Å²) >= 11 is 0. The first kappa shape index (κ1) is 17.8. The van der Waals surface area contributed by atoms with E-state index in [1.807, 2.05) is 13.8 Å². The van der Waals surface area contributed by atoms with Gasteiger partial charge in [0.25, 0.3) is 10.2 Å². The lowest BCUT2D eigenvalue weighted by molar-refractivity contribution is 0.160. The standard InChI is InChI=1S/C13H29N3O3S/c1-4-12(2)16(9-10-19-3)20(17,18)15-7-5-13(11-14)6-8-15/h12-13H,4-11,14H2,1-3H3. The van der Waals surface area contributed by atoms with Crippen LogP contribution in [0.5, 0.6) is 0 Å². The van der Waals surface area contributed by atoms with Crippen LogP contribution in [0.25, 0.3) is 0 Å². The number of nitrogens with zero attached hydrogens (tertiary/aromatic N) is 2. The fraction of sp³-hybridized carbons (Fsp3) is 1.00. The van der Waals surface area contributed by atoms with Gasteiger partial charge in [0.05, 0.1) is 6.61 Å². The van der Waals surface area contributed by atoms with Crippen LogP contribution in [0, 0.1) is 5.92 Å². The molecule has 7 heteroatoms. The molecule has 0 amide bonds. The van der Waals surface area contributed by atoms with Gasteiger partial charge in [-0.3, -0.25) is 0 Å². The van der Waals surface area contributed by atoms with Gasteiger partial charge in [0.1, 0.15) is 0 Å². The molecule has 1 heterocycles. The molecule has 0 aromatic carbocycles. The summed E-state index contributed by atoms with van der Waals surface area (Å²) < 4.78 is 33.7. The Morgan fingerprint density at radius 2 is 2.00 bits per heavy atom. The average Bonchev–Trinajstić information content (AvgIpc) is 2.47. The quantitative estimate of drug-likeness (QED) is 0.714. The van der Waals surface area contributed by atoms with Crippen LogP contribution in [0.1, 0.15) is 33.1 Å². The lowest BCUT2D eigenvalue weighted by Crippen LogP contribution is -2.51. The Kier molecular flexibility index (Phi) is 7.39. The molecule has 1 aliphatic rings. The molecule has 0 bridgehead atoms. The van der Waals surface area contributed by atoms with Crippen molar-refractivity contribution in [2.24, 2.45) is 11.7 Å². The van der Waals surface area contributed by atoms with Gasteiger partial charge in [-0.1, -0.05) is 6.92 Å². The molecule has 20 heavy (non-hydrogen) atoms. The molecule has 1 unspecified atom stereocenters. The maximum atomic E-state index is 12.8. The van der Waals surface area contributed by atoms with Gasteiger partial charge < -0.3 is 10.5 Å². The van der Waals surface area contributed by atoms with Gasteiger partial charge in [0.2, 0.25) is 0 Å². The Hall–Kier alpha value is -0.210. The van der Waals surface area contributed by atoms with E-state index in [4.69, 9.17) is 10.5 Å². The lowest BCUT2D eigenvalue weighted by atomic mass is 9.99. The molecule has 1 saturated heterocycles. The van der Waals surface area contributed by atoms with Crippen LogP contribution < -0.4 is 5.73 Å². The monoisotopic (exact) mass is 307 g/mol. The molecule has 0 aromatic heterocycles. The molecule has 1 aliphatic heterocycles. The molecule has 120 valence electrons. The fourth-order valence-electron chi connectivity index (χ4n) is 2.47. The molecule has 0 radical (unpaired) electrons. The minimum Gasteiger partial charge on any atom is -0.383 e. The Balaban J connectivity index is 2.77. The Morgan fingerprint density at radius 3 is 2.45 bits per heavy atom. The van der Waals surface area contributed by atoms with Crippen LogP contribution in [0.2, 0.25) is 0 Å². The zero-order valence-electron chi connectivity index (χ0n) is 12.9. The molecule has 0 aromatic rings. The third-order valence-corrected chi connectivity index (χ3v) is 6.28. The molecule has 2 N–H and O–H groups in total. The van der Waals surface area contributed by atoms with Crippen molar-refractivity contribution in [2.75, 3.05) is 39.9 Å². The van der Waals surface area contributed by atoms with Crippen LogP contribution >= 0.6 is 0 Å². The summed E-state index contributed by atoms with van der Waals surface area (Å²) in [7, 11) is -1.80. The van der Waals surface area contributed by atoms with E-state index in [0.717, 1.165) is 19.3 Å². The number of methoxy groups -OCH3 is 1. The third-order valence-electron chi connectivity index (χ3n) is 4.13. The fourth-order valence-corrected chi connectivity index (χ4v) is 4.35. The first-order chi connectivity index (χ1) is 9.47. The number of rotatable bonds is 8. The summed E-state index contributed by atoms with van der Waals surface area (Å²) in [6.45, 7) is 6.56. The summed E-state index contributed by atoms with van der Waals surface area (Å²) in [5.74, 6) is 0.456. The molecule has 1 rings (SSSR count). The summed E-state index contributed by atoms with van der Waals surface area (Å²) in [5, 5.41) is 0. The second-order valence-corrected chi connectivity index (χ2v) is 7.33. The smallest absolute Gasteiger partial charge is 0.282 e. The van der Waals surface area contributed by atoms with Crippen molar-refractivity contribution >= 4 is 10.2 Å². The highest BCUT2D eigenvalue weighted by Crippen LogP contribution is 2.22. The molecule has 0 spiro atoms. The van der Waals surface area contributed by atoms with Gasteiger partial charge in [-0.2, -0.15) is 17.0 Å². The van der Waals surface area contributed by atoms with Crippen molar-refractivity contribution in [2.45, 2.75) is 39.2 Å². The van der Waals surface area contributed by atoms with Crippen molar-refractivity contribution in [1.29, 1.82) is 0 Å². The normalized spacial score (nSPS) is 20.4. The summed E-state index contributed by atoms with van der Waals surface area (Å²) in [5.41, 5.74) is 5.66. The van der Waals surface area contributed by atoms with E-state index in [9.17, 15) is 8.42 Å². The van der Waals surface area contributed by atoms with Gasteiger partial charge in [0.15, 0.2) is 0 Å². The van der Waals surface area contributed by atoms with Crippen molar-refractivity contribution in [3.8, 4) is 0 Å². The van der Waals surface area contributed by atoms with Gasteiger partial charge in [-0.25, -0.2) is 0 Å². The van der Waals surface area contributed by atoms with Gasteiger partial charge in [-0.05, 0) is 38.6 Å². The predicted molar refractivity (Wildman–Crippen MR) is 80.6 cm³/mol. The van der Waals surface area contributed by atoms with E-state index in [-0.39, 0.29) is 6.04 Å². The van der Waals surface area contributed by atoms with Crippen LogP contribution in [-0.4, -0.2) is 63.0 Å². The number of hydrogen-bond donors (Lipinski definition) is 1. The third kappa shape index (κ3) is 4.39. The second-order valence-electron chi connectivity index (χ2n) is 5.45. The molecule has 6 nitrogen and oxygen atoms in total. The first-order valence-electron chi connectivity index (χ1n) is 7.43. The van der Waals surface area contributed by atoms with Crippen LogP contribution in [0.15, 0.2) is 0 Å². The highest BCUT2D eigenvalue weighted by molar-refractivity contribution is 7.86. The van der Waals surface area contributed by atoms with E-state index in [2.05, 4.69) is 0 Å². The Labute approximate surface area is 123 Å². The topological polar surface area (TPSA) is 75.9 Å². The van der Waals surface area contributed by atoms with Crippen molar-refractivity contribution in [3.05, 3.63) is 0 Å². The molecular weight excluding hydrogens is 278 g/mol. The minimum atomic E-state index is -3.39. The maximum Gasteiger partial charge on any atom is 0.282 e. The maximum absolute atomic E-state index is 12.8. The van der Waals surface area contributed by atoms with Gasteiger partial charge in [-0.15, -0.1) is 0 Å². The summed E-state index contributed by atoms with van der Waals surface area (Å²) in [6.07, 6.45) is 2.50. The van der Waals surface area contributed by atoms with Gasteiger partial charge in [0, 0.05) is 32.8 Å². The van der Waals surface area contributed by atoms with Crippen molar-refractivity contribution in [1.82, 2.24) is 8.61 Å². The number of nitrogens with two attached hydrogens (primary N) is 1. The summed E-state index contributed by atoms with van der Waals surface area (Å²) in [4.78, 5) is 0. The zero-order valence-corrected chi connectivity index (χ0v) is 13.7. The SMILES string of the molecule is CCC(C)N(CCOC)S(=O)(=O)N1CCC(CN)CC1. The summed E-state index contributed by atoms with van der Waals surface area (Å²) in [6, 6.07) is -0.0117. The molecule has 1 atom stereocenters. The van der Waals surface area contributed by atoms with E-state index in [0.29, 0.717) is 38.7 Å². The molecule has 1 fully saturated rings. The number of piperidine rings is 1. The first-order valence-corrected chi connectivity index (χ1v) is 8.82. The second kappa shape index (κ2) is 8.29. The number of ether oxygens (including phenoxy) is 1. The van der Waals surface area contributed by atoms with Gasteiger partial charge >= 0.3 is 0 Å². The largest absolute Gasteiger partial charge is 0.383 e. The zero-order chi connectivity index (χ0) is 15.2. The Bertz CT molecular complexity index is 367. The van der Waals surface area contributed by atoms with Crippen LogP contribution in [0.3, 0.4) is 0 Å². The van der Waals surface area contributed by atoms with Crippen molar-refractivity contribution in [3.63, 3.8) is 0 Å². The molecular formula is C13H29N3O3S. The highest BCUT2D eigenvalue weighted by Gasteiger charge is 2.34. The molecule has 0 aliphatic carbocycles. The van der Waals surface area contributed by atoms with Crippen molar-refractivity contribution < 1.29 is 13.2 Å². The Morgan fingerprint density at radius 1 is 1.40 bits per heavy atom. The van der Waals surface area contributed by atoms with E-state index in [1.54, 1.807) is 15.7 Å². The predicted octanol–water partition coefficient (Wildman–Crippen LogP) is 0.649. The van der Waals surface area contributed by atoms with E-state index >= 15 is 0 Å². The minimum absolute atomic E-state index is 0.0117. The van der Waals surface area contributed by atoms with Crippen LogP contribution in [0.4, 0.5) is 0 Å². The van der Waals surface area contributed by atoms with Crippen LogP contribution in [-0.2, 0) is 14.9 Å². The molecule has 0 saturated carbocycles. The lowest BCUT2D eigenvalue weighted by Gasteiger charge is -2.36. The highest BCUT2D eigenvalue weighted by atomic mass is 32.2. The average molecular weight is 307 g/mol.